The minimum Gasteiger partial charge on any atom is -0.348 e. The maximum atomic E-state index is 13.2. The molecule has 0 atom stereocenters. The molecule has 0 saturated carbocycles. The zero-order valence-corrected chi connectivity index (χ0v) is 10.9. The van der Waals surface area contributed by atoms with Crippen LogP contribution < -0.4 is 0 Å². The molecular formula is C15H12ClFN2. The molecule has 2 nitrogen and oxygen atoms in total. The number of nitrogens with zero attached hydrogens (tertiary/aromatic N) is 1. The van der Waals surface area contributed by atoms with Crippen molar-refractivity contribution < 1.29 is 4.39 Å². The molecule has 4 heteroatoms. The number of hydrogen-bond donors (Lipinski definition) is 1. The first-order valence-corrected chi connectivity index (χ1v) is 6.38. The Bertz CT molecular complexity index is 654. The molecule has 0 bridgehead atoms. The number of amidine groups is 1. The summed E-state index contributed by atoms with van der Waals surface area (Å²) in [5.41, 5.74) is 2.72. The minimum atomic E-state index is -0.298. The standard InChI is InChI=1S/C15H12ClFN2/c16-12-3-1-2-10(6-12)8-19-9-11-4-5-13(17)7-14(11)15(19)18/h1-7,18H,8-9H2. The lowest BCUT2D eigenvalue weighted by molar-refractivity contribution is 0.422. The summed E-state index contributed by atoms with van der Waals surface area (Å²) in [5.74, 6) is 0.0718. The van der Waals surface area contributed by atoms with E-state index in [1.165, 1.54) is 12.1 Å². The molecule has 0 radical (unpaired) electrons. The van der Waals surface area contributed by atoms with Gasteiger partial charge in [0.05, 0.1) is 0 Å². The quantitative estimate of drug-likeness (QED) is 0.885. The van der Waals surface area contributed by atoms with E-state index in [4.69, 9.17) is 17.0 Å². The van der Waals surface area contributed by atoms with Crippen LogP contribution in [-0.4, -0.2) is 10.7 Å². The Hall–Kier alpha value is -1.87. The van der Waals surface area contributed by atoms with Crippen LogP contribution >= 0.6 is 11.6 Å². The smallest absolute Gasteiger partial charge is 0.129 e. The highest BCUT2D eigenvalue weighted by Gasteiger charge is 2.24. The SMILES string of the molecule is N=C1c2cc(F)ccc2CN1Cc1cccc(Cl)c1. The first kappa shape index (κ1) is 12.2. The van der Waals surface area contributed by atoms with Crippen LogP contribution in [0.5, 0.6) is 0 Å². The molecule has 96 valence electrons. The van der Waals surface area contributed by atoms with Gasteiger partial charge in [0, 0.05) is 23.7 Å². The van der Waals surface area contributed by atoms with Gasteiger partial charge in [-0.05, 0) is 35.4 Å². The summed E-state index contributed by atoms with van der Waals surface area (Å²) in [6, 6.07) is 12.2. The molecule has 1 aliphatic heterocycles. The molecule has 19 heavy (non-hydrogen) atoms. The van der Waals surface area contributed by atoms with E-state index in [2.05, 4.69) is 0 Å². The Balaban J connectivity index is 1.84. The van der Waals surface area contributed by atoms with E-state index in [0.717, 1.165) is 11.1 Å². The summed E-state index contributed by atoms with van der Waals surface area (Å²) < 4.78 is 13.2. The topological polar surface area (TPSA) is 27.1 Å². The van der Waals surface area contributed by atoms with Gasteiger partial charge in [0.15, 0.2) is 0 Å². The highest BCUT2D eigenvalue weighted by molar-refractivity contribution is 6.30. The van der Waals surface area contributed by atoms with Gasteiger partial charge in [-0.1, -0.05) is 29.8 Å². The minimum absolute atomic E-state index is 0.298. The van der Waals surface area contributed by atoms with Crippen molar-refractivity contribution in [3.63, 3.8) is 0 Å². The fraction of sp³-hybridized carbons (Fsp3) is 0.133. The number of nitrogens with one attached hydrogen (secondary N) is 1. The van der Waals surface area contributed by atoms with Gasteiger partial charge in [-0.25, -0.2) is 4.39 Å². The summed E-state index contributed by atoms with van der Waals surface area (Å²) in [7, 11) is 0. The molecule has 0 saturated heterocycles. The molecule has 0 spiro atoms. The Labute approximate surface area is 115 Å². The van der Waals surface area contributed by atoms with Gasteiger partial charge >= 0.3 is 0 Å². The van der Waals surface area contributed by atoms with E-state index in [9.17, 15) is 4.39 Å². The van der Waals surface area contributed by atoms with Crippen molar-refractivity contribution in [3.05, 3.63) is 70.0 Å². The Morgan fingerprint density at radius 3 is 2.84 bits per heavy atom. The zero-order valence-electron chi connectivity index (χ0n) is 10.2. The van der Waals surface area contributed by atoms with Crippen molar-refractivity contribution in [2.75, 3.05) is 0 Å². The van der Waals surface area contributed by atoms with Crippen LogP contribution in [-0.2, 0) is 13.1 Å². The van der Waals surface area contributed by atoms with Crippen LogP contribution in [0.4, 0.5) is 4.39 Å². The van der Waals surface area contributed by atoms with Gasteiger partial charge in [0.1, 0.15) is 11.7 Å². The lowest BCUT2D eigenvalue weighted by Crippen LogP contribution is -2.23. The number of benzene rings is 2. The second kappa shape index (κ2) is 4.67. The predicted octanol–water partition coefficient (Wildman–Crippen LogP) is 3.82. The van der Waals surface area contributed by atoms with Crippen LogP contribution in [0.15, 0.2) is 42.5 Å². The van der Waals surface area contributed by atoms with E-state index < -0.39 is 0 Å². The van der Waals surface area contributed by atoms with Gasteiger partial charge in [0.2, 0.25) is 0 Å². The average molecular weight is 275 g/mol. The molecule has 3 rings (SSSR count). The third-order valence-corrected chi connectivity index (χ3v) is 3.50. The van der Waals surface area contributed by atoms with E-state index in [1.807, 2.05) is 29.2 Å². The average Bonchev–Trinajstić information content (AvgIpc) is 2.67. The van der Waals surface area contributed by atoms with Crippen LogP contribution in [0.3, 0.4) is 0 Å². The van der Waals surface area contributed by atoms with E-state index in [0.29, 0.717) is 29.5 Å². The molecular weight excluding hydrogens is 263 g/mol. The Kier molecular flexibility index (Phi) is 2.99. The van der Waals surface area contributed by atoms with Gasteiger partial charge in [0.25, 0.3) is 0 Å². The maximum absolute atomic E-state index is 13.2. The molecule has 2 aromatic carbocycles. The summed E-state index contributed by atoms with van der Waals surface area (Å²) in [6.07, 6.45) is 0. The predicted molar refractivity (Wildman–Crippen MR) is 73.9 cm³/mol. The van der Waals surface area contributed by atoms with Crippen molar-refractivity contribution in [3.8, 4) is 0 Å². The maximum Gasteiger partial charge on any atom is 0.129 e. The molecule has 0 fully saturated rings. The van der Waals surface area contributed by atoms with Crippen molar-refractivity contribution in [1.82, 2.24) is 4.90 Å². The van der Waals surface area contributed by atoms with E-state index in [-0.39, 0.29) is 5.82 Å². The van der Waals surface area contributed by atoms with Gasteiger partial charge < -0.3 is 4.90 Å². The molecule has 0 amide bonds. The molecule has 1 N–H and O–H groups in total. The molecule has 0 aromatic heterocycles. The normalized spacial score (nSPS) is 13.8. The number of fused-ring (bicyclic) bond motifs is 1. The van der Waals surface area contributed by atoms with E-state index in [1.54, 1.807) is 6.07 Å². The van der Waals surface area contributed by atoms with Crippen molar-refractivity contribution >= 4 is 17.4 Å². The molecule has 1 heterocycles. The van der Waals surface area contributed by atoms with Crippen LogP contribution in [0.1, 0.15) is 16.7 Å². The monoisotopic (exact) mass is 274 g/mol. The van der Waals surface area contributed by atoms with Crippen LogP contribution in [0.25, 0.3) is 0 Å². The lowest BCUT2D eigenvalue weighted by Gasteiger charge is -2.18. The second-order valence-electron chi connectivity index (χ2n) is 4.64. The fourth-order valence-corrected chi connectivity index (χ4v) is 2.57. The Morgan fingerprint density at radius 1 is 1.21 bits per heavy atom. The van der Waals surface area contributed by atoms with Crippen molar-refractivity contribution in [1.29, 1.82) is 5.41 Å². The summed E-state index contributed by atoms with van der Waals surface area (Å²) in [5, 5.41) is 8.80. The highest BCUT2D eigenvalue weighted by Crippen LogP contribution is 2.25. The summed E-state index contributed by atoms with van der Waals surface area (Å²) in [6.45, 7) is 1.25. The number of rotatable bonds is 2. The molecule has 0 aliphatic carbocycles. The first-order chi connectivity index (χ1) is 9.13. The van der Waals surface area contributed by atoms with Crippen LogP contribution in [0.2, 0.25) is 5.02 Å². The highest BCUT2D eigenvalue weighted by atomic mass is 35.5. The van der Waals surface area contributed by atoms with E-state index >= 15 is 0 Å². The molecule has 1 aliphatic rings. The molecule has 2 aromatic rings. The zero-order chi connectivity index (χ0) is 13.4. The largest absolute Gasteiger partial charge is 0.348 e. The summed E-state index contributed by atoms with van der Waals surface area (Å²) >= 11 is 5.95. The fourth-order valence-electron chi connectivity index (χ4n) is 2.35. The number of halogens is 2. The number of hydrogen-bond acceptors (Lipinski definition) is 1. The van der Waals surface area contributed by atoms with Crippen molar-refractivity contribution in [2.24, 2.45) is 0 Å². The van der Waals surface area contributed by atoms with Gasteiger partial charge in [-0.2, -0.15) is 0 Å². The van der Waals surface area contributed by atoms with Gasteiger partial charge in [-0.15, -0.1) is 0 Å². The van der Waals surface area contributed by atoms with Gasteiger partial charge in [-0.3, -0.25) is 5.41 Å². The van der Waals surface area contributed by atoms with Crippen molar-refractivity contribution in [2.45, 2.75) is 13.1 Å². The lowest BCUT2D eigenvalue weighted by atomic mass is 10.1. The third kappa shape index (κ3) is 2.34. The first-order valence-electron chi connectivity index (χ1n) is 6.00. The third-order valence-electron chi connectivity index (χ3n) is 3.27. The second-order valence-corrected chi connectivity index (χ2v) is 5.07. The van der Waals surface area contributed by atoms with Crippen LogP contribution in [0, 0.1) is 11.2 Å². The molecule has 0 unspecified atom stereocenters. The Morgan fingerprint density at radius 2 is 2.05 bits per heavy atom. The summed E-state index contributed by atoms with van der Waals surface area (Å²) in [4.78, 5) is 1.91.